The highest BCUT2D eigenvalue weighted by Gasteiger charge is 2.26. The maximum absolute atomic E-state index is 13.2. The molecule has 178 valence electrons. The van der Waals surface area contributed by atoms with Gasteiger partial charge in [-0.25, -0.2) is 31.9 Å². The number of benzene rings is 1. The van der Waals surface area contributed by atoms with Crippen molar-refractivity contribution < 1.29 is 26.7 Å². The van der Waals surface area contributed by atoms with Crippen LogP contribution in [-0.4, -0.2) is 54.0 Å². The molecule has 1 aromatic carbocycles. The van der Waals surface area contributed by atoms with Crippen LogP contribution >= 0.6 is 11.6 Å². The summed E-state index contributed by atoms with van der Waals surface area (Å²) >= 11 is 6.36. The Balaban J connectivity index is 1.77. The van der Waals surface area contributed by atoms with E-state index in [2.05, 4.69) is 29.6 Å². The molecule has 14 heteroatoms. The Morgan fingerprint density at radius 1 is 1.15 bits per heavy atom. The van der Waals surface area contributed by atoms with Crippen LogP contribution in [0.5, 0.6) is 11.8 Å². The highest BCUT2D eigenvalue weighted by Crippen LogP contribution is 2.36. The average Bonchev–Trinajstić information content (AvgIpc) is 3.24. The summed E-state index contributed by atoms with van der Waals surface area (Å²) in [5, 5.41) is 0.691. The van der Waals surface area contributed by atoms with Gasteiger partial charge in [-0.05, 0) is 18.2 Å². The minimum atomic E-state index is -4.24. The SMILES string of the molecule is COc1nc(NS(=O)(=O)c2c[nH]c3c(-c4ccncn4)c(Cl)ccc23)nc(OC)c1CC(F)F. The van der Waals surface area contributed by atoms with Crippen LogP contribution in [0.15, 0.2) is 41.8 Å². The van der Waals surface area contributed by atoms with E-state index in [1.807, 2.05) is 0 Å². The van der Waals surface area contributed by atoms with E-state index in [1.165, 1.54) is 32.9 Å². The molecule has 0 aliphatic carbocycles. The van der Waals surface area contributed by atoms with Crippen molar-refractivity contribution in [2.45, 2.75) is 17.7 Å². The molecule has 0 aliphatic heterocycles. The lowest BCUT2D eigenvalue weighted by molar-refractivity contribution is 0.146. The topological polar surface area (TPSA) is 132 Å². The third-order valence-corrected chi connectivity index (χ3v) is 6.48. The number of halogens is 3. The Hall–Kier alpha value is -3.58. The zero-order valence-electron chi connectivity index (χ0n) is 17.7. The standard InChI is InChI=1S/C20H17ClF2N6O4S/c1-32-18-11(7-15(22)23)19(33-2)28-20(27-18)29-34(30,31)14-8-25-17-10(14)3-4-12(21)16(17)13-5-6-24-9-26-13/h3-6,8-9,15,25H,7H2,1-2H3,(H,27,28,29). The number of methoxy groups -OCH3 is 2. The summed E-state index contributed by atoms with van der Waals surface area (Å²) in [6.45, 7) is 0. The minimum Gasteiger partial charge on any atom is -0.481 e. The smallest absolute Gasteiger partial charge is 0.266 e. The maximum atomic E-state index is 13.2. The molecule has 0 amide bonds. The first-order valence-electron chi connectivity index (χ1n) is 9.61. The summed E-state index contributed by atoms with van der Waals surface area (Å²) in [6.07, 6.45) is 0.732. The van der Waals surface area contributed by atoms with E-state index in [-0.39, 0.29) is 22.2 Å². The van der Waals surface area contributed by atoms with E-state index < -0.39 is 28.8 Å². The molecule has 0 bridgehead atoms. The molecule has 4 aromatic rings. The number of ether oxygens (including phenoxy) is 2. The fourth-order valence-electron chi connectivity index (χ4n) is 3.39. The van der Waals surface area contributed by atoms with Crippen molar-refractivity contribution >= 4 is 38.5 Å². The highest BCUT2D eigenvalue weighted by atomic mass is 35.5. The number of hydrogen-bond acceptors (Lipinski definition) is 8. The summed E-state index contributed by atoms with van der Waals surface area (Å²) < 4.78 is 64.6. The van der Waals surface area contributed by atoms with Crippen LogP contribution in [0.3, 0.4) is 0 Å². The Bertz CT molecular complexity index is 1430. The molecule has 2 N–H and O–H groups in total. The molecule has 10 nitrogen and oxygen atoms in total. The third kappa shape index (κ3) is 4.43. The zero-order valence-corrected chi connectivity index (χ0v) is 19.3. The van der Waals surface area contributed by atoms with Gasteiger partial charge in [0.2, 0.25) is 24.1 Å². The molecular formula is C20H17ClF2N6O4S. The Morgan fingerprint density at radius 3 is 2.44 bits per heavy atom. The highest BCUT2D eigenvalue weighted by molar-refractivity contribution is 7.93. The molecule has 4 rings (SSSR count). The largest absolute Gasteiger partial charge is 0.481 e. The normalized spacial score (nSPS) is 11.7. The van der Waals surface area contributed by atoms with Gasteiger partial charge in [0, 0.05) is 29.8 Å². The van der Waals surface area contributed by atoms with Crippen molar-refractivity contribution in [3.8, 4) is 23.0 Å². The van der Waals surface area contributed by atoms with E-state index >= 15 is 0 Å². The molecule has 3 aromatic heterocycles. The predicted molar refractivity (Wildman–Crippen MR) is 120 cm³/mol. The van der Waals surface area contributed by atoms with Gasteiger partial charge in [-0.3, -0.25) is 0 Å². The van der Waals surface area contributed by atoms with Crippen molar-refractivity contribution in [3.63, 3.8) is 0 Å². The first-order valence-corrected chi connectivity index (χ1v) is 11.5. The lowest BCUT2D eigenvalue weighted by atomic mass is 10.1. The third-order valence-electron chi connectivity index (χ3n) is 4.80. The molecule has 0 aliphatic rings. The average molecular weight is 511 g/mol. The van der Waals surface area contributed by atoms with Gasteiger partial charge >= 0.3 is 0 Å². The van der Waals surface area contributed by atoms with Crippen LogP contribution in [0.2, 0.25) is 5.02 Å². The monoisotopic (exact) mass is 510 g/mol. The molecule has 0 atom stereocenters. The van der Waals surface area contributed by atoms with Crippen LogP contribution in [0.1, 0.15) is 5.56 Å². The number of aromatic amines is 1. The number of rotatable bonds is 8. The molecule has 0 radical (unpaired) electrons. The summed E-state index contributed by atoms with van der Waals surface area (Å²) in [5.41, 5.74) is 1.35. The number of alkyl halides is 2. The van der Waals surface area contributed by atoms with E-state index in [9.17, 15) is 17.2 Å². The van der Waals surface area contributed by atoms with Crippen molar-refractivity contribution in [3.05, 3.63) is 47.5 Å². The van der Waals surface area contributed by atoms with Gasteiger partial charge < -0.3 is 14.5 Å². The first kappa shape index (κ1) is 23.6. The zero-order chi connectivity index (χ0) is 24.5. The number of anilines is 1. The second-order valence-corrected chi connectivity index (χ2v) is 8.90. The minimum absolute atomic E-state index is 0.0841. The van der Waals surface area contributed by atoms with Crippen LogP contribution in [0.4, 0.5) is 14.7 Å². The van der Waals surface area contributed by atoms with Crippen molar-refractivity contribution in [2.24, 2.45) is 0 Å². The Kier molecular flexibility index (Phi) is 6.48. The second-order valence-electron chi connectivity index (χ2n) is 6.84. The van der Waals surface area contributed by atoms with Gasteiger partial charge in [0.05, 0.1) is 36.0 Å². The van der Waals surface area contributed by atoms with E-state index in [0.29, 0.717) is 27.2 Å². The summed E-state index contributed by atoms with van der Waals surface area (Å²) in [6, 6.07) is 4.73. The van der Waals surface area contributed by atoms with Gasteiger partial charge in [-0.15, -0.1) is 0 Å². The second kappa shape index (κ2) is 9.35. The number of hydrogen-bond donors (Lipinski definition) is 2. The molecule has 0 saturated heterocycles. The van der Waals surface area contributed by atoms with Crippen molar-refractivity contribution in [1.29, 1.82) is 0 Å². The lowest BCUT2D eigenvalue weighted by Crippen LogP contribution is -2.16. The number of nitrogens with zero attached hydrogens (tertiary/aromatic N) is 4. The number of nitrogens with one attached hydrogen (secondary N) is 2. The fraction of sp³-hybridized carbons (Fsp3) is 0.200. The number of sulfonamides is 1. The quantitative estimate of drug-likeness (QED) is 0.367. The van der Waals surface area contributed by atoms with Crippen LogP contribution in [0, 0.1) is 0 Å². The van der Waals surface area contributed by atoms with Crippen LogP contribution in [-0.2, 0) is 16.4 Å². The molecule has 34 heavy (non-hydrogen) atoms. The van der Waals surface area contributed by atoms with Gasteiger partial charge in [0.15, 0.2) is 0 Å². The number of fused-ring (bicyclic) bond motifs is 1. The fourth-order valence-corrected chi connectivity index (χ4v) is 4.76. The van der Waals surface area contributed by atoms with E-state index in [4.69, 9.17) is 21.1 Å². The predicted octanol–water partition coefficient (Wildman–Crippen LogP) is 3.69. The molecule has 0 saturated carbocycles. The van der Waals surface area contributed by atoms with Gasteiger partial charge in [-0.2, -0.15) is 9.97 Å². The van der Waals surface area contributed by atoms with Crippen LogP contribution in [0.25, 0.3) is 22.2 Å². The summed E-state index contributed by atoms with van der Waals surface area (Å²) in [7, 11) is -1.80. The van der Waals surface area contributed by atoms with E-state index in [1.54, 1.807) is 18.2 Å². The lowest BCUT2D eigenvalue weighted by Gasteiger charge is -2.14. The Morgan fingerprint density at radius 2 is 1.85 bits per heavy atom. The van der Waals surface area contributed by atoms with Gasteiger partial charge in [0.25, 0.3) is 10.0 Å². The van der Waals surface area contributed by atoms with E-state index in [0.717, 1.165) is 0 Å². The van der Waals surface area contributed by atoms with Gasteiger partial charge in [-0.1, -0.05) is 11.6 Å². The molecular weight excluding hydrogens is 494 g/mol. The number of H-pyrrole nitrogens is 1. The molecule has 0 fully saturated rings. The van der Waals surface area contributed by atoms with Crippen LogP contribution < -0.4 is 14.2 Å². The Labute approximate surface area is 197 Å². The number of aromatic nitrogens is 5. The maximum Gasteiger partial charge on any atom is 0.266 e. The van der Waals surface area contributed by atoms with Gasteiger partial charge in [0.1, 0.15) is 11.2 Å². The van der Waals surface area contributed by atoms with Crippen molar-refractivity contribution in [2.75, 3.05) is 18.9 Å². The van der Waals surface area contributed by atoms with Crippen molar-refractivity contribution in [1.82, 2.24) is 24.9 Å². The first-order chi connectivity index (χ1) is 16.2. The molecule has 0 spiro atoms. The summed E-state index contributed by atoms with van der Waals surface area (Å²) in [5.74, 6) is -0.880. The molecule has 0 unspecified atom stereocenters. The molecule has 3 heterocycles. The summed E-state index contributed by atoms with van der Waals surface area (Å²) in [4.78, 5) is 18.7.